The molecule has 4 unspecified atom stereocenters. The summed E-state index contributed by atoms with van der Waals surface area (Å²) in [6.45, 7) is 5.82. The summed E-state index contributed by atoms with van der Waals surface area (Å²) in [5, 5.41) is 10.3. The van der Waals surface area contributed by atoms with Crippen LogP contribution in [0.25, 0.3) is 0 Å². The first-order valence-electron chi connectivity index (χ1n) is 8.17. The van der Waals surface area contributed by atoms with E-state index in [1.165, 1.54) is 45.2 Å². The minimum Gasteiger partial charge on any atom is -0.393 e. The second-order valence-corrected chi connectivity index (χ2v) is 6.97. The monoisotopic (exact) mass is 268 g/mol. The summed E-state index contributed by atoms with van der Waals surface area (Å²) in [4.78, 5) is 4.95. The fourth-order valence-corrected chi connectivity index (χ4v) is 3.98. The molecule has 112 valence electrons. The Kier molecular flexibility index (Phi) is 5.67. The van der Waals surface area contributed by atoms with Gasteiger partial charge in [-0.1, -0.05) is 13.3 Å². The average Bonchev–Trinajstić information content (AvgIpc) is 2.78. The van der Waals surface area contributed by atoms with E-state index in [-0.39, 0.29) is 6.10 Å². The third kappa shape index (κ3) is 4.17. The zero-order chi connectivity index (χ0) is 13.8. The molecule has 0 aromatic rings. The normalized spacial score (nSPS) is 37.1. The van der Waals surface area contributed by atoms with Gasteiger partial charge in [-0.25, -0.2) is 0 Å². The summed E-state index contributed by atoms with van der Waals surface area (Å²) in [5.74, 6) is 1.37. The Morgan fingerprint density at radius 1 is 1.21 bits per heavy atom. The molecular weight excluding hydrogens is 236 g/mol. The van der Waals surface area contributed by atoms with Crippen molar-refractivity contribution < 1.29 is 5.11 Å². The molecule has 0 aromatic heterocycles. The van der Waals surface area contributed by atoms with Crippen molar-refractivity contribution in [2.45, 2.75) is 57.6 Å². The number of aliphatic hydroxyl groups is 1. The zero-order valence-corrected chi connectivity index (χ0v) is 13.0. The van der Waals surface area contributed by atoms with Gasteiger partial charge in [0, 0.05) is 19.1 Å². The topological polar surface area (TPSA) is 26.7 Å². The number of aliphatic hydroxyl groups excluding tert-OH is 1. The molecule has 0 amide bonds. The van der Waals surface area contributed by atoms with Crippen LogP contribution in [0.2, 0.25) is 0 Å². The second-order valence-electron chi connectivity index (χ2n) is 6.97. The van der Waals surface area contributed by atoms with Gasteiger partial charge in [0.25, 0.3) is 0 Å². The molecule has 3 heteroatoms. The highest BCUT2D eigenvalue weighted by molar-refractivity contribution is 4.87. The molecule has 0 aromatic carbocycles. The Bertz CT molecular complexity index is 269. The van der Waals surface area contributed by atoms with Crippen molar-refractivity contribution in [3.8, 4) is 0 Å². The average molecular weight is 268 g/mol. The molecule has 0 radical (unpaired) electrons. The lowest BCUT2D eigenvalue weighted by atomic mass is 9.78. The second kappa shape index (κ2) is 7.05. The molecule has 2 fully saturated rings. The minimum atomic E-state index is -0.0524. The van der Waals surface area contributed by atoms with Crippen LogP contribution < -0.4 is 0 Å². The van der Waals surface area contributed by atoms with Crippen molar-refractivity contribution in [3.63, 3.8) is 0 Å². The SMILES string of the molecule is CCC1CCC(O)C(CN2CCCC2CN(C)C)C1. The van der Waals surface area contributed by atoms with Gasteiger partial charge in [-0.3, -0.25) is 4.90 Å². The number of likely N-dealkylation sites (tertiary alicyclic amines) is 1. The zero-order valence-electron chi connectivity index (χ0n) is 13.0. The molecule has 2 aliphatic rings. The Hall–Kier alpha value is -0.120. The number of rotatable bonds is 5. The number of likely N-dealkylation sites (N-methyl/N-ethyl adjacent to an activating group) is 1. The first kappa shape index (κ1) is 15.3. The van der Waals surface area contributed by atoms with Gasteiger partial charge in [-0.15, -0.1) is 0 Å². The van der Waals surface area contributed by atoms with Crippen LogP contribution in [0.15, 0.2) is 0 Å². The van der Waals surface area contributed by atoms with Crippen LogP contribution in [0.4, 0.5) is 0 Å². The molecule has 0 bridgehead atoms. The number of hydrogen-bond donors (Lipinski definition) is 1. The van der Waals surface area contributed by atoms with E-state index in [1.54, 1.807) is 0 Å². The van der Waals surface area contributed by atoms with Gasteiger partial charge in [0.2, 0.25) is 0 Å². The third-order valence-electron chi connectivity index (χ3n) is 5.17. The van der Waals surface area contributed by atoms with E-state index < -0.39 is 0 Å². The lowest BCUT2D eigenvalue weighted by Gasteiger charge is -2.37. The van der Waals surface area contributed by atoms with E-state index in [2.05, 4.69) is 30.8 Å². The minimum absolute atomic E-state index is 0.0524. The van der Waals surface area contributed by atoms with E-state index in [9.17, 15) is 5.11 Å². The lowest BCUT2D eigenvalue weighted by molar-refractivity contribution is 0.0227. The Morgan fingerprint density at radius 3 is 2.68 bits per heavy atom. The van der Waals surface area contributed by atoms with Crippen molar-refractivity contribution in [2.75, 3.05) is 33.7 Å². The highest BCUT2D eigenvalue weighted by atomic mass is 16.3. The van der Waals surface area contributed by atoms with Crippen LogP contribution in [0.3, 0.4) is 0 Å². The first-order valence-corrected chi connectivity index (χ1v) is 8.17. The molecule has 1 aliphatic heterocycles. The standard InChI is InChI=1S/C16H32N2O/c1-4-13-7-8-16(19)14(10-13)11-18-9-5-6-15(18)12-17(2)3/h13-16,19H,4-12H2,1-3H3. The molecule has 1 aliphatic carbocycles. The maximum atomic E-state index is 10.3. The smallest absolute Gasteiger partial charge is 0.0580 e. The van der Waals surface area contributed by atoms with Crippen molar-refractivity contribution in [2.24, 2.45) is 11.8 Å². The van der Waals surface area contributed by atoms with Gasteiger partial charge >= 0.3 is 0 Å². The summed E-state index contributed by atoms with van der Waals surface area (Å²) in [5.41, 5.74) is 0. The molecule has 2 rings (SSSR count). The van der Waals surface area contributed by atoms with Crippen LogP contribution >= 0.6 is 0 Å². The van der Waals surface area contributed by atoms with Crippen LogP contribution in [-0.2, 0) is 0 Å². The fourth-order valence-electron chi connectivity index (χ4n) is 3.98. The molecule has 1 saturated carbocycles. The highest BCUT2D eigenvalue weighted by Gasteiger charge is 2.33. The lowest BCUT2D eigenvalue weighted by Crippen LogP contribution is -2.44. The Labute approximate surface area is 119 Å². The third-order valence-corrected chi connectivity index (χ3v) is 5.17. The largest absolute Gasteiger partial charge is 0.393 e. The molecule has 4 atom stereocenters. The maximum Gasteiger partial charge on any atom is 0.0580 e. The maximum absolute atomic E-state index is 10.3. The molecular formula is C16H32N2O. The predicted molar refractivity (Wildman–Crippen MR) is 80.3 cm³/mol. The Balaban J connectivity index is 1.87. The van der Waals surface area contributed by atoms with Crippen LogP contribution in [0.5, 0.6) is 0 Å². The van der Waals surface area contributed by atoms with Gasteiger partial charge in [-0.2, -0.15) is 0 Å². The molecule has 0 spiro atoms. The molecule has 19 heavy (non-hydrogen) atoms. The first-order chi connectivity index (χ1) is 9.10. The summed E-state index contributed by atoms with van der Waals surface area (Å²) in [6.07, 6.45) is 7.39. The molecule has 1 saturated heterocycles. The van der Waals surface area contributed by atoms with Crippen molar-refractivity contribution in [1.29, 1.82) is 0 Å². The van der Waals surface area contributed by atoms with Crippen LogP contribution in [-0.4, -0.2) is 60.8 Å². The summed E-state index contributed by atoms with van der Waals surface area (Å²) in [6, 6.07) is 0.712. The Morgan fingerprint density at radius 2 is 2.00 bits per heavy atom. The number of nitrogens with zero attached hydrogens (tertiary/aromatic N) is 2. The quantitative estimate of drug-likeness (QED) is 0.828. The van der Waals surface area contributed by atoms with E-state index in [4.69, 9.17) is 0 Å². The summed E-state index contributed by atoms with van der Waals surface area (Å²) >= 11 is 0. The van der Waals surface area contributed by atoms with Crippen LogP contribution in [0.1, 0.15) is 45.4 Å². The van der Waals surface area contributed by atoms with Crippen molar-refractivity contribution >= 4 is 0 Å². The van der Waals surface area contributed by atoms with Crippen molar-refractivity contribution in [3.05, 3.63) is 0 Å². The predicted octanol–water partition coefficient (Wildman–Crippen LogP) is 2.20. The molecule has 1 N–H and O–H groups in total. The van der Waals surface area contributed by atoms with E-state index in [0.717, 1.165) is 18.9 Å². The fraction of sp³-hybridized carbons (Fsp3) is 1.00. The van der Waals surface area contributed by atoms with E-state index >= 15 is 0 Å². The van der Waals surface area contributed by atoms with Gasteiger partial charge in [0.05, 0.1) is 6.10 Å². The molecule has 3 nitrogen and oxygen atoms in total. The van der Waals surface area contributed by atoms with E-state index in [1.807, 2.05) is 0 Å². The number of hydrogen-bond acceptors (Lipinski definition) is 3. The van der Waals surface area contributed by atoms with Gasteiger partial charge in [0.1, 0.15) is 0 Å². The molecule has 1 heterocycles. The van der Waals surface area contributed by atoms with Gasteiger partial charge in [0.15, 0.2) is 0 Å². The van der Waals surface area contributed by atoms with Crippen LogP contribution in [0, 0.1) is 11.8 Å². The van der Waals surface area contributed by atoms with Gasteiger partial charge < -0.3 is 10.0 Å². The van der Waals surface area contributed by atoms with E-state index in [0.29, 0.717) is 12.0 Å². The summed E-state index contributed by atoms with van der Waals surface area (Å²) < 4.78 is 0. The summed E-state index contributed by atoms with van der Waals surface area (Å²) in [7, 11) is 4.33. The van der Waals surface area contributed by atoms with Gasteiger partial charge in [-0.05, 0) is 64.6 Å². The van der Waals surface area contributed by atoms with Crippen molar-refractivity contribution in [1.82, 2.24) is 9.80 Å². The highest BCUT2D eigenvalue weighted by Crippen LogP contribution is 2.33.